The topological polar surface area (TPSA) is 62.4 Å². The van der Waals surface area contributed by atoms with E-state index < -0.39 is 0 Å². The van der Waals surface area contributed by atoms with Crippen LogP contribution in [0.2, 0.25) is 0 Å². The molecule has 2 aromatic carbocycles. The fraction of sp³-hybridized carbons (Fsp3) is 0.381. The highest BCUT2D eigenvalue weighted by Crippen LogP contribution is 2.24. The molecule has 0 aliphatic heterocycles. The number of hydrogen-bond donors (Lipinski definition) is 3. The van der Waals surface area contributed by atoms with Gasteiger partial charge in [0.2, 0.25) is 0 Å². The number of aliphatic imine (C=N–C) groups is 1. The fourth-order valence-corrected chi connectivity index (χ4v) is 3.46. The Labute approximate surface area is 154 Å². The van der Waals surface area contributed by atoms with Gasteiger partial charge in [0.1, 0.15) is 5.82 Å². The highest BCUT2D eigenvalue weighted by molar-refractivity contribution is 5.88. The number of anilines is 2. The van der Waals surface area contributed by atoms with E-state index in [1.54, 1.807) is 13.3 Å². The quantitative estimate of drug-likeness (QED) is 0.543. The predicted molar refractivity (Wildman–Crippen MR) is 107 cm³/mol. The molecule has 138 valence electrons. The summed E-state index contributed by atoms with van der Waals surface area (Å²) >= 11 is 0. The van der Waals surface area contributed by atoms with Gasteiger partial charge in [0.15, 0.2) is 0 Å². The molecule has 0 saturated heterocycles. The average molecular weight is 354 g/mol. The molecule has 0 radical (unpaired) electrons. The van der Waals surface area contributed by atoms with E-state index in [1.165, 1.54) is 12.1 Å². The molecule has 0 aromatic heterocycles. The SMILES string of the molecule is C/N=C\c1cc(N[C@H]2CC[C@@H](NCc3ccc(F)cc3)CC2)ccc1N. The molecule has 2 aromatic rings. The largest absolute Gasteiger partial charge is 0.398 e. The molecule has 5 heteroatoms. The van der Waals surface area contributed by atoms with Crippen molar-refractivity contribution in [1.29, 1.82) is 0 Å². The van der Waals surface area contributed by atoms with E-state index in [0.717, 1.165) is 54.7 Å². The van der Waals surface area contributed by atoms with Gasteiger partial charge in [0.05, 0.1) is 0 Å². The number of nitrogens with one attached hydrogen (secondary N) is 2. The Morgan fingerprint density at radius 3 is 2.46 bits per heavy atom. The van der Waals surface area contributed by atoms with E-state index in [-0.39, 0.29) is 5.82 Å². The minimum Gasteiger partial charge on any atom is -0.398 e. The van der Waals surface area contributed by atoms with Gasteiger partial charge < -0.3 is 16.4 Å². The van der Waals surface area contributed by atoms with Gasteiger partial charge in [-0.2, -0.15) is 0 Å². The molecule has 26 heavy (non-hydrogen) atoms. The summed E-state index contributed by atoms with van der Waals surface area (Å²) in [6.07, 6.45) is 6.32. The molecule has 0 atom stereocenters. The molecule has 1 fully saturated rings. The Balaban J connectivity index is 1.46. The summed E-state index contributed by atoms with van der Waals surface area (Å²) < 4.78 is 13.0. The third kappa shape index (κ3) is 5.05. The van der Waals surface area contributed by atoms with Gasteiger partial charge in [-0.25, -0.2) is 4.39 Å². The van der Waals surface area contributed by atoms with Gasteiger partial charge in [-0.1, -0.05) is 12.1 Å². The summed E-state index contributed by atoms with van der Waals surface area (Å²) in [7, 11) is 1.75. The number of hydrogen-bond acceptors (Lipinski definition) is 4. The van der Waals surface area contributed by atoms with Crippen LogP contribution in [0.4, 0.5) is 15.8 Å². The van der Waals surface area contributed by atoms with Gasteiger partial charge >= 0.3 is 0 Å². The van der Waals surface area contributed by atoms with Gasteiger partial charge in [0, 0.05) is 48.8 Å². The molecular formula is C21H27FN4. The van der Waals surface area contributed by atoms with Crippen molar-refractivity contribution < 1.29 is 4.39 Å². The lowest BCUT2D eigenvalue weighted by Crippen LogP contribution is -2.36. The normalized spacial score (nSPS) is 20.4. The maximum Gasteiger partial charge on any atom is 0.123 e. The van der Waals surface area contributed by atoms with Crippen LogP contribution in [0.25, 0.3) is 0 Å². The lowest BCUT2D eigenvalue weighted by Gasteiger charge is -2.30. The third-order valence-electron chi connectivity index (χ3n) is 4.96. The minimum absolute atomic E-state index is 0.184. The zero-order chi connectivity index (χ0) is 18.4. The summed E-state index contributed by atoms with van der Waals surface area (Å²) in [6.45, 7) is 0.792. The highest BCUT2D eigenvalue weighted by Gasteiger charge is 2.20. The number of halogens is 1. The Kier molecular flexibility index (Phi) is 6.23. The molecule has 0 heterocycles. The van der Waals surface area contributed by atoms with Crippen LogP contribution in [0, 0.1) is 5.82 Å². The first-order valence-electron chi connectivity index (χ1n) is 9.20. The molecule has 1 aliphatic rings. The predicted octanol–water partition coefficient (Wildman–Crippen LogP) is 3.97. The smallest absolute Gasteiger partial charge is 0.123 e. The summed E-state index contributed by atoms with van der Waals surface area (Å²) in [5.41, 5.74) is 9.88. The molecule has 3 rings (SSSR count). The zero-order valence-corrected chi connectivity index (χ0v) is 15.2. The summed E-state index contributed by atoms with van der Waals surface area (Å²) in [5.74, 6) is -0.184. The standard InChI is InChI=1S/C21H27FN4/c1-24-14-16-12-20(10-11-21(16)23)26-19-8-6-18(7-9-19)25-13-15-2-4-17(22)5-3-15/h2-5,10-12,14,18-19,25-26H,6-9,13,23H2,1H3/b24-14-/t18-,19+. The van der Waals surface area contributed by atoms with E-state index >= 15 is 0 Å². The number of rotatable bonds is 6. The van der Waals surface area contributed by atoms with Crippen LogP contribution in [0.1, 0.15) is 36.8 Å². The number of nitrogen functional groups attached to an aromatic ring is 1. The van der Waals surface area contributed by atoms with Crippen molar-refractivity contribution >= 4 is 17.6 Å². The zero-order valence-electron chi connectivity index (χ0n) is 15.2. The molecule has 0 unspecified atom stereocenters. The van der Waals surface area contributed by atoms with Crippen molar-refractivity contribution in [3.63, 3.8) is 0 Å². The van der Waals surface area contributed by atoms with Gasteiger partial charge in [-0.15, -0.1) is 0 Å². The van der Waals surface area contributed by atoms with E-state index in [4.69, 9.17) is 5.73 Å². The van der Waals surface area contributed by atoms with Crippen molar-refractivity contribution in [3.8, 4) is 0 Å². The number of nitrogens with two attached hydrogens (primary N) is 1. The lowest BCUT2D eigenvalue weighted by atomic mass is 9.90. The van der Waals surface area contributed by atoms with E-state index in [0.29, 0.717) is 12.1 Å². The molecule has 1 saturated carbocycles. The van der Waals surface area contributed by atoms with E-state index in [9.17, 15) is 4.39 Å². The van der Waals surface area contributed by atoms with Crippen molar-refractivity contribution in [3.05, 3.63) is 59.4 Å². The van der Waals surface area contributed by atoms with Crippen LogP contribution in [0.3, 0.4) is 0 Å². The molecule has 0 spiro atoms. The Hall–Kier alpha value is -2.40. The van der Waals surface area contributed by atoms with Crippen LogP contribution < -0.4 is 16.4 Å². The van der Waals surface area contributed by atoms with Crippen LogP contribution >= 0.6 is 0 Å². The highest BCUT2D eigenvalue weighted by atomic mass is 19.1. The molecule has 4 nitrogen and oxygen atoms in total. The molecule has 0 bridgehead atoms. The first-order valence-corrected chi connectivity index (χ1v) is 9.20. The summed E-state index contributed by atoms with van der Waals surface area (Å²) in [6, 6.07) is 13.7. The second-order valence-corrected chi connectivity index (χ2v) is 6.93. The van der Waals surface area contributed by atoms with Crippen LogP contribution in [-0.4, -0.2) is 25.3 Å². The summed E-state index contributed by atoms with van der Waals surface area (Å²) in [4.78, 5) is 4.05. The van der Waals surface area contributed by atoms with Gasteiger partial charge in [0.25, 0.3) is 0 Å². The Morgan fingerprint density at radius 1 is 1.08 bits per heavy atom. The lowest BCUT2D eigenvalue weighted by molar-refractivity contribution is 0.353. The van der Waals surface area contributed by atoms with Gasteiger partial charge in [-0.05, 0) is 61.6 Å². The van der Waals surface area contributed by atoms with E-state index in [1.807, 2.05) is 24.3 Å². The first kappa shape index (κ1) is 18.4. The fourth-order valence-electron chi connectivity index (χ4n) is 3.46. The monoisotopic (exact) mass is 354 g/mol. The van der Waals surface area contributed by atoms with Crippen LogP contribution in [0.15, 0.2) is 47.5 Å². The van der Waals surface area contributed by atoms with Crippen LogP contribution in [0.5, 0.6) is 0 Å². The number of benzene rings is 2. The maximum absolute atomic E-state index is 13.0. The second-order valence-electron chi connectivity index (χ2n) is 6.93. The van der Waals surface area contributed by atoms with Crippen molar-refractivity contribution in [2.75, 3.05) is 18.1 Å². The van der Waals surface area contributed by atoms with Gasteiger partial charge in [-0.3, -0.25) is 4.99 Å². The maximum atomic E-state index is 13.0. The average Bonchev–Trinajstić information content (AvgIpc) is 2.65. The Bertz CT molecular complexity index is 734. The molecule has 4 N–H and O–H groups in total. The molecule has 0 amide bonds. The van der Waals surface area contributed by atoms with Crippen molar-refractivity contribution in [2.24, 2.45) is 4.99 Å². The van der Waals surface area contributed by atoms with Crippen molar-refractivity contribution in [1.82, 2.24) is 5.32 Å². The van der Waals surface area contributed by atoms with Crippen molar-refractivity contribution in [2.45, 2.75) is 44.3 Å². The van der Waals surface area contributed by atoms with E-state index in [2.05, 4.69) is 21.7 Å². The number of nitrogens with zero attached hydrogens (tertiary/aromatic N) is 1. The summed E-state index contributed by atoms with van der Waals surface area (Å²) in [5, 5.41) is 7.21. The van der Waals surface area contributed by atoms with Crippen LogP contribution in [-0.2, 0) is 6.54 Å². The first-order chi connectivity index (χ1) is 12.6. The molecule has 1 aliphatic carbocycles. The third-order valence-corrected chi connectivity index (χ3v) is 4.96. The molecular weight excluding hydrogens is 327 g/mol. The second kappa shape index (κ2) is 8.81. The minimum atomic E-state index is -0.184. The Morgan fingerprint density at radius 2 is 1.77 bits per heavy atom.